The first-order chi connectivity index (χ1) is 13.0. The second-order valence-electron chi connectivity index (χ2n) is 7.67. The van der Waals surface area contributed by atoms with Gasteiger partial charge in [-0.25, -0.2) is 9.18 Å². The van der Waals surface area contributed by atoms with Crippen LogP contribution in [0.4, 0.5) is 10.1 Å². The summed E-state index contributed by atoms with van der Waals surface area (Å²) in [5, 5.41) is 19.6. The van der Waals surface area contributed by atoms with E-state index in [4.69, 9.17) is 0 Å². The molecule has 1 saturated carbocycles. The molecule has 2 atom stereocenters. The third-order valence-corrected chi connectivity index (χ3v) is 5.82. The minimum Gasteiger partial charge on any atom is -0.477 e. The maximum Gasteiger partial charge on any atom is 0.341 e. The Morgan fingerprint density at radius 2 is 2.04 bits per heavy atom. The Labute approximate surface area is 154 Å². The van der Waals surface area contributed by atoms with Crippen LogP contribution in [0.5, 0.6) is 0 Å². The smallest absolute Gasteiger partial charge is 0.341 e. The van der Waals surface area contributed by atoms with Crippen molar-refractivity contribution in [2.45, 2.75) is 43.9 Å². The van der Waals surface area contributed by atoms with Crippen LogP contribution in [0.15, 0.2) is 23.1 Å². The summed E-state index contributed by atoms with van der Waals surface area (Å²) in [6, 6.07) is 1.31. The molecule has 2 fully saturated rings. The molecule has 0 unspecified atom stereocenters. The Hall–Kier alpha value is -2.67. The van der Waals surface area contributed by atoms with E-state index in [9.17, 15) is 19.8 Å². The molecule has 2 aromatic rings. The van der Waals surface area contributed by atoms with E-state index in [1.165, 1.54) is 12.3 Å². The van der Waals surface area contributed by atoms with Crippen molar-refractivity contribution in [1.29, 1.82) is 0 Å². The number of hydrogen-bond donors (Lipinski definition) is 2. The number of benzene rings is 1. The van der Waals surface area contributed by atoms with Gasteiger partial charge in [-0.15, -0.1) is 0 Å². The summed E-state index contributed by atoms with van der Waals surface area (Å²) < 4.78 is 17.0. The number of aliphatic hydroxyl groups excluding tert-OH is 1. The van der Waals surface area contributed by atoms with Gasteiger partial charge < -0.3 is 19.7 Å². The molecule has 7 heteroatoms. The molecule has 3 heterocycles. The van der Waals surface area contributed by atoms with Gasteiger partial charge in [0.25, 0.3) is 0 Å². The van der Waals surface area contributed by atoms with Crippen LogP contribution < -0.4 is 10.3 Å². The van der Waals surface area contributed by atoms with Crippen molar-refractivity contribution in [3.05, 3.63) is 45.5 Å². The number of pyridine rings is 1. The summed E-state index contributed by atoms with van der Waals surface area (Å²) in [5.41, 5.74) is 0.590. The predicted molar refractivity (Wildman–Crippen MR) is 98.8 cm³/mol. The highest BCUT2D eigenvalue weighted by Crippen LogP contribution is 2.43. The highest BCUT2D eigenvalue weighted by molar-refractivity contribution is 5.98. The number of anilines is 1. The van der Waals surface area contributed by atoms with Gasteiger partial charge in [-0.05, 0) is 31.7 Å². The van der Waals surface area contributed by atoms with Gasteiger partial charge in [-0.3, -0.25) is 4.79 Å². The van der Waals surface area contributed by atoms with Gasteiger partial charge in [-0.1, -0.05) is 12.2 Å². The number of carboxylic acids is 1. The fraction of sp³-hybridized carbons (Fsp3) is 0.400. The predicted octanol–water partition coefficient (Wildman–Crippen LogP) is 2.53. The number of nitrogens with zero attached hydrogens (tertiary/aromatic N) is 2. The van der Waals surface area contributed by atoms with Crippen LogP contribution in [0.25, 0.3) is 17.0 Å². The van der Waals surface area contributed by atoms with Crippen molar-refractivity contribution >= 4 is 28.6 Å². The zero-order valence-corrected chi connectivity index (χ0v) is 14.6. The van der Waals surface area contributed by atoms with Crippen LogP contribution in [0.2, 0.25) is 0 Å². The van der Waals surface area contributed by atoms with Gasteiger partial charge in [0, 0.05) is 30.4 Å². The number of hydrogen-bond acceptors (Lipinski definition) is 4. The maximum absolute atomic E-state index is 15.2. The molecule has 1 aromatic carbocycles. The van der Waals surface area contributed by atoms with Crippen molar-refractivity contribution in [3.63, 3.8) is 0 Å². The number of aromatic nitrogens is 1. The lowest BCUT2D eigenvalue weighted by molar-refractivity contribution is 0.0695. The molecule has 3 aliphatic rings. The molecular weight excluding hydrogens is 351 g/mol. The maximum atomic E-state index is 15.2. The summed E-state index contributed by atoms with van der Waals surface area (Å²) in [7, 11) is 0. The Balaban J connectivity index is 1.88. The lowest BCUT2D eigenvalue weighted by atomic mass is 10.0. The average molecular weight is 370 g/mol. The molecule has 27 heavy (non-hydrogen) atoms. The highest BCUT2D eigenvalue weighted by atomic mass is 19.1. The van der Waals surface area contributed by atoms with Gasteiger partial charge >= 0.3 is 5.97 Å². The first kappa shape index (κ1) is 16.5. The standard InChI is InChI=1S/C20H19FN2O4/c21-16-7-14-17(23(10-4-5-10)9-15(19(14)25)20(26)27)13-3-1-2-11-6-12(24)8-22(11)18(13)16/h1,3,7,9-12,24H,2,4-6,8H2,(H,26,27)/t11-,12-/m1/s1. The molecule has 1 aliphatic carbocycles. The van der Waals surface area contributed by atoms with Gasteiger partial charge in [0.2, 0.25) is 5.43 Å². The van der Waals surface area contributed by atoms with Crippen molar-refractivity contribution in [2.75, 3.05) is 11.4 Å². The van der Waals surface area contributed by atoms with Gasteiger partial charge in [0.05, 0.1) is 22.7 Å². The SMILES string of the molecule is O=C(O)c1cn(C2CC2)c2c3c(c(F)cc2c1=O)N1C[C@H](O)C[C@H]1CC=C3. The summed E-state index contributed by atoms with van der Waals surface area (Å²) in [6.45, 7) is 0.350. The minimum absolute atomic E-state index is 0.0174. The number of carbonyl (C=O) groups is 1. The number of halogens is 1. The van der Waals surface area contributed by atoms with Crippen LogP contribution in [-0.2, 0) is 0 Å². The number of carboxylic acid groups (broad SMARTS) is 1. The Morgan fingerprint density at radius 1 is 1.26 bits per heavy atom. The Bertz CT molecular complexity index is 1070. The molecule has 6 nitrogen and oxygen atoms in total. The van der Waals surface area contributed by atoms with E-state index in [0.717, 1.165) is 12.8 Å². The molecular formula is C20H19FN2O4. The summed E-state index contributed by atoms with van der Waals surface area (Å²) in [5.74, 6) is -1.85. The highest BCUT2D eigenvalue weighted by Gasteiger charge is 2.36. The van der Waals surface area contributed by atoms with Crippen molar-refractivity contribution in [1.82, 2.24) is 4.57 Å². The molecule has 1 aromatic heterocycles. The van der Waals surface area contributed by atoms with E-state index in [1.807, 2.05) is 21.6 Å². The van der Waals surface area contributed by atoms with E-state index in [0.29, 0.717) is 36.2 Å². The number of rotatable bonds is 2. The van der Waals surface area contributed by atoms with E-state index < -0.39 is 23.3 Å². The number of aromatic carboxylic acids is 1. The molecule has 0 spiro atoms. The molecule has 2 N–H and O–H groups in total. The first-order valence-electron chi connectivity index (χ1n) is 9.21. The normalized spacial score (nSPS) is 24.0. The van der Waals surface area contributed by atoms with Crippen LogP contribution in [0.1, 0.15) is 47.6 Å². The minimum atomic E-state index is -1.30. The number of fused-ring (bicyclic) bond motifs is 5. The summed E-state index contributed by atoms with van der Waals surface area (Å²) >= 11 is 0. The molecule has 2 aliphatic heterocycles. The Morgan fingerprint density at radius 3 is 2.74 bits per heavy atom. The molecule has 0 radical (unpaired) electrons. The zero-order chi connectivity index (χ0) is 18.9. The van der Waals surface area contributed by atoms with Gasteiger partial charge in [0.1, 0.15) is 11.4 Å². The van der Waals surface area contributed by atoms with Crippen molar-refractivity contribution < 1.29 is 19.4 Å². The fourth-order valence-electron chi connectivity index (χ4n) is 4.48. The van der Waals surface area contributed by atoms with Crippen molar-refractivity contribution in [3.8, 4) is 0 Å². The molecule has 0 bridgehead atoms. The quantitative estimate of drug-likeness (QED) is 0.849. The van der Waals surface area contributed by atoms with Crippen LogP contribution in [0, 0.1) is 5.82 Å². The third kappa shape index (κ3) is 2.41. The largest absolute Gasteiger partial charge is 0.477 e. The molecule has 140 valence electrons. The monoisotopic (exact) mass is 370 g/mol. The van der Waals surface area contributed by atoms with E-state index >= 15 is 4.39 Å². The van der Waals surface area contributed by atoms with E-state index in [2.05, 4.69) is 0 Å². The molecule has 1 saturated heterocycles. The lowest BCUT2D eigenvalue weighted by Gasteiger charge is -2.27. The summed E-state index contributed by atoms with van der Waals surface area (Å²) in [4.78, 5) is 26.1. The average Bonchev–Trinajstić information content (AvgIpc) is 3.40. The van der Waals surface area contributed by atoms with Gasteiger partial charge in [-0.2, -0.15) is 0 Å². The Kier molecular flexibility index (Phi) is 3.46. The van der Waals surface area contributed by atoms with Crippen LogP contribution in [-0.4, -0.2) is 39.4 Å². The zero-order valence-electron chi connectivity index (χ0n) is 14.6. The fourth-order valence-corrected chi connectivity index (χ4v) is 4.48. The molecule has 0 amide bonds. The van der Waals surface area contributed by atoms with Gasteiger partial charge in [0.15, 0.2) is 0 Å². The number of aliphatic hydroxyl groups is 1. The van der Waals surface area contributed by atoms with Crippen LogP contribution in [0.3, 0.4) is 0 Å². The van der Waals surface area contributed by atoms with Crippen molar-refractivity contribution in [2.24, 2.45) is 0 Å². The summed E-state index contributed by atoms with van der Waals surface area (Å²) in [6.07, 6.45) is 7.75. The van der Waals surface area contributed by atoms with E-state index in [-0.39, 0.29) is 23.0 Å². The first-order valence-corrected chi connectivity index (χ1v) is 9.21. The second-order valence-corrected chi connectivity index (χ2v) is 7.67. The second kappa shape index (κ2) is 5.66. The lowest BCUT2D eigenvalue weighted by Crippen LogP contribution is -2.30. The molecule has 5 rings (SSSR count). The van der Waals surface area contributed by atoms with Crippen LogP contribution >= 0.6 is 0 Å². The third-order valence-electron chi connectivity index (χ3n) is 5.82. The topological polar surface area (TPSA) is 82.8 Å². The van der Waals surface area contributed by atoms with E-state index in [1.54, 1.807) is 0 Å².